The molecule has 0 aliphatic carbocycles. The molecule has 0 fully saturated rings. The van der Waals surface area contributed by atoms with Gasteiger partial charge in [-0.25, -0.2) is 0 Å². The summed E-state index contributed by atoms with van der Waals surface area (Å²) in [6.45, 7) is 3.38. The summed E-state index contributed by atoms with van der Waals surface area (Å²) in [5.41, 5.74) is 3.11. The maximum atomic E-state index is 13.7. The highest BCUT2D eigenvalue weighted by molar-refractivity contribution is 5.94. The number of hydrogen-bond donors (Lipinski definition) is 1. The van der Waals surface area contributed by atoms with Gasteiger partial charge in [0.05, 0.1) is 20.5 Å². The number of unbranched alkanes of at least 4 members (excludes halogenated alkanes) is 1. The number of nitrogens with zero attached hydrogens (tertiary/aromatic N) is 2. The molecule has 2 amide bonds. The van der Waals surface area contributed by atoms with Crippen LogP contribution in [0, 0.1) is 0 Å². The smallest absolute Gasteiger partial charge is 0.290 e. The van der Waals surface area contributed by atoms with E-state index in [-0.39, 0.29) is 24.1 Å². The molecule has 2 heterocycles. The summed E-state index contributed by atoms with van der Waals surface area (Å²) in [7, 11) is 3.18. The number of benzene rings is 2. The lowest BCUT2D eigenvalue weighted by Crippen LogP contribution is -2.43. The van der Waals surface area contributed by atoms with Crippen LogP contribution in [0.4, 0.5) is 0 Å². The van der Waals surface area contributed by atoms with E-state index in [2.05, 4.69) is 18.0 Å². The Morgan fingerprint density at radius 3 is 2.50 bits per heavy atom. The number of hydrogen-bond acceptors (Lipinski definition) is 5. The molecule has 0 radical (unpaired) electrons. The fourth-order valence-corrected chi connectivity index (χ4v) is 4.51. The van der Waals surface area contributed by atoms with Crippen LogP contribution in [0.3, 0.4) is 0 Å². The fourth-order valence-electron chi connectivity index (χ4n) is 4.51. The Morgan fingerprint density at radius 2 is 1.76 bits per heavy atom. The van der Waals surface area contributed by atoms with Gasteiger partial charge in [-0.2, -0.15) is 0 Å². The topological polar surface area (TPSA) is 88.0 Å². The number of nitrogens with one attached hydrogen (secondary N) is 1. The zero-order valence-electron chi connectivity index (χ0n) is 22.2. The third-order valence-electron chi connectivity index (χ3n) is 6.63. The van der Waals surface area contributed by atoms with Gasteiger partial charge >= 0.3 is 0 Å². The summed E-state index contributed by atoms with van der Waals surface area (Å²) in [4.78, 5) is 33.5. The molecule has 8 heteroatoms. The van der Waals surface area contributed by atoms with Gasteiger partial charge in [-0.15, -0.1) is 0 Å². The number of furan rings is 1. The highest BCUT2D eigenvalue weighted by Gasteiger charge is 2.24. The quantitative estimate of drug-likeness (QED) is 0.260. The normalized spacial score (nSPS) is 10.9. The van der Waals surface area contributed by atoms with Gasteiger partial charge in [-0.1, -0.05) is 37.6 Å². The fraction of sp³-hybridized carbons (Fsp3) is 0.333. The minimum atomic E-state index is -0.278. The van der Waals surface area contributed by atoms with Crippen LogP contribution < -0.4 is 9.47 Å². The van der Waals surface area contributed by atoms with Crippen molar-refractivity contribution in [1.82, 2.24) is 14.8 Å². The first-order valence-electron chi connectivity index (χ1n) is 12.9. The van der Waals surface area contributed by atoms with Gasteiger partial charge in [0.25, 0.3) is 5.91 Å². The summed E-state index contributed by atoms with van der Waals surface area (Å²) in [5, 5.41) is 1.14. The van der Waals surface area contributed by atoms with Crippen molar-refractivity contribution in [1.29, 1.82) is 0 Å². The molecule has 4 aromatic rings. The first-order chi connectivity index (χ1) is 18.5. The highest BCUT2D eigenvalue weighted by atomic mass is 16.5. The van der Waals surface area contributed by atoms with Gasteiger partial charge < -0.3 is 28.7 Å². The number of carbonyl (C=O) groups excluding carboxylic acids is 2. The molecular weight excluding hydrogens is 482 g/mol. The second-order valence-electron chi connectivity index (χ2n) is 9.17. The second kappa shape index (κ2) is 12.9. The van der Waals surface area contributed by atoms with Crippen LogP contribution >= 0.6 is 0 Å². The van der Waals surface area contributed by atoms with Crippen LogP contribution in [-0.4, -0.2) is 60.5 Å². The molecule has 0 unspecified atom stereocenters. The molecule has 2 aromatic carbocycles. The van der Waals surface area contributed by atoms with Crippen LogP contribution in [0.25, 0.3) is 10.9 Å². The van der Waals surface area contributed by atoms with Crippen LogP contribution in [0.5, 0.6) is 11.5 Å². The van der Waals surface area contributed by atoms with Crippen LogP contribution in [0.2, 0.25) is 0 Å². The van der Waals surface area contributed by atoms with E-state index in [1.807, 2.05) is 42.6 Å². The number of rotatable bonds is 13. The van der Waals surface area contributed by atoms with Crippen molar-refractivity contribution in [3.8, 4) is 11.5 Å². The minimum absolute atomic E-state index is 0.0271. The standard InChI is InChI=1S/C30H35N3O5/c1-4-5-15-33(30(35)27-11-8-17-38-27)21-29(34)32(20-22-12-13-26(36-2)28(18-22)37-3)16-14-23-19-31-25-10-7-6-9-24(23)25/h6-13,17-19,31H,4-5,14-16,20-21H2,1-3H3. The van der Waals surface area contributed by atoms with E-state index < -0.39 is 0 Å². The van der Waals surface area contributed by atoms with Crippen LogP contribution in [0.15, 0.2) is 71.5 Å². The van der Waals surface area contributed by atoms with Crippen molar-refractivity contribution in [2.45, 2.75) is 32.7 Å². The van der Waals surface area contributed by atoms with Crippen molar-refractivity contribution in [2.75, 3.05) is 33.9 Å². The molecule has 8 nitrogen and oxygen atoms in total. The van der Waals surface area contributed by atoms with E-state index in [1.165, 1.54) is 6.26 Å². The lowest BCUT2D eigenvalue weighted by Gasteiger charge is -2.28. The van der Waals surface area contributed by atoms with E-state index in [0.29, 0.717) is 37.6 Å². The predicted molar refractivity (Wildman–Crippen MR) is 146 cm³/mol. The molecule has 0 aliphatic rings. The van der Waals surface area contributed by atoms with E-state index in [0.717, 1.165) is 34.9 Å². The van der Waals surface area contributed by atoms with Crippen molar-refractivity contribution < 1.29 is 23.5 Å². The van der Waals surface area contributed by atoms with Gasteiger partial charge in [0, 0.05) is 36.7 Å². The van der Waals surface area contributed by atoms with Gasteiger partial charge in [0.2, 0.25) is 5.91 Å². The molecule has 38 heavy (non-hydrogen) atoms. The Bertz CT molecular complexity index is 1350. The third kappa shape index (κ3) is 6.37. The van der Waals surface area contributed by atoms with Gasteiger partial charge in [-0.05, 0) is 54.3 Å². The zero-order chi connectivity index (χ0) is 26.9. The predicted octanol–water partition coefficient (Wildman–Crippen LogP) is 5.29. The molecule has 0 aliphatic heterocycles. The second-order valence-corrected chi connectivity index (χ2v) is 9.17. The van der Waals surface area contributed by atoms with Gasteiger partial charge in [0.15, 0.2) is 17.3 Å². The molecule has 0 atom stereocenters. The van der Waals surface area contributed by atoms with Crippen molar-refractivity contribution in [3.63, 3.8) is 0 Å². The minimum Gasteiger partial charge on any atom is -0.493 e. The summed E-state index contributed by atoms with van der Waals surface area (Å²) in [6, 6.07) is 17.1. The first kappa shape index (κ1) is 26.9. The molecule has 200 valence electrons. The Hall–Kier alpha value is -4.20. The first-order valence-corrected chi connectivity index (χ1v) is 12.9. The maximum Gasteiger partial charge on any atom is 0.290 e. The van der Waals surface area contributed by atoms with E-state index >= 15 is 0 Å². The molecule has 0 saturated carbocycles. The number of H-pyrrole nitrogens is 1. The lowest BCUT2D eigenvalue weighted by molar-refractivity contribution is -0.132. The number of aromatic amines is 1. The molecular formula is C30H35N3O5. The van der Waals surface area contributed by atoms with Gasteiger partial charge in [0.1, 0.15) is 6.54 Å². The van der Waals surface area contributed by atoms with Crippen molar-refractivity contribution in [2.24, 2.45) is 0 Å². The number of amides is 2. The molecule has 0 spiro atoms. The molecule has 0 saturated heterocycles. The van der Waals surface area contributed by atoms with Crippen LogP contribution in [-0.2, 0) is 17.8 Å². The van der Waals surface area contributed by atoms with E-state index in [1.54, 1.807) is 36.2 Å². The SMILES string of the molecule is CCCCN(CC(=O)N(CCc1c[nH]c2ccccc12)Cc1ccc(OC)c(OC)c1)C(=O)c1ccco1. The van der Waals surface area contributed by atoms with E-state index in [9.17, 15) is 9.59 Å². The van der Waals surface area contributed by atoms with E-state index in [4.69, 9.17) is 13.9 Å². The summed E-state index contributed by atoms with van der Waals surface area (Å²) < 4.78 is 16.2. The Morgan fingerprint density at radius 1 is 0.947 bits per heavy atom. The largest absolute Gasteiger partial charge is 0.493 e. The molecule has 2 aromatic heterocycles. The number of aromatic nitrogens is 1. The Balaban J connectivity index is 1.56. The average Bonchev–Trinajstić information content (AvgIpc) is 3.63. The zero-order valence-corrected chi connectivity index (χ0v) is 22.2. The molecule has 4 rings (SSSR count). The summed E-state index contributed by atoms with van der Waals surface area (Å²) in [5.74, 6) is 1.06. The van der Waals surface area contributed by atoms with Crippen molar-refractivity contribution in [3.05, 3.63) is 83.9 Å². The molecule has 0 bridgehead atoms. The number of ether oxygens (including phenoxy) is 2. The lowest BCUT2D eigenvalue weighted by atomic mass is 10.1. The van der Waals surface area contributed by atoms with Crippen LogP contribution in [0.1, 0.15) is 41.4 Å². The Labute approximate surface area is 223 Å². The number of para-hydroxylation sites is 1. The summed E-state index contributed by atoms with van der Waals surface area (Å²) >= 11 is 0. The average molecular weight is 518 g/mol. The third-order valence-corrected chi connectivity index (χ3v) is 6.63. The van der Waals surface area contributed by atoms with Crippen molar-refractivity contribution >= 4 is 22.7 Å². The maximum absolute atomic E-state index is 13.7. The number of carbonyl (C=O) groups is 2. The number of fused-ring (bicyclic) bond motifs is 1. The highest BCUT2D eigenvalue weighted by Crippen LogP contribution is 2.28. The Kier molecular flexibility index (Phi) is 9.08. The summed E-state index contributed by atoms with van der Waals surface area (Å²) in [6.07, 6.45) is 5.84. The van der Waals surface area contributed by atoms with Gasteiger partial charge in [-0.3, -0.25) is 9.59 Å². The monoisotopic (exact) mass is 517 g/mol. The molecule has 1 N–H and O–H groups in total. The number of methoxy groups -OCH3 is 2.